The zero-order valence-corrected chi connectivity index (χ0v) is 20.2. The van der Waals surface area contributed by atoms with E-state index in [2.05, 4.69) is 34.9 Å². The van der Waals surface area contributed by atoms with Crippen LogP contribution in [0.1, 0.15) is 56.1 Å². The monoisotopic (exact) mass is 478 g/mol. The molecule has 7 heteroatoms. The number of hydrogen-bond donors (Lipinski definition) is 3. The number of carbonyl (C=O) groups excluding carboxylic acids is 2. The fraction of sp³-hybridized carbons (Fsp3) is 0.464. The number of carbonyl (C=O) groups is 3. The second-order valence-electron chi connectivity index (χ2n) is 9.74. The van der Waals surface area contributed by atoms with Crippen molar-refractivity contribution < 1.29 is 24.2 Å². The summed E-state index contributed by atoms with van der Waals surface area (Å²) in [6, 6.07) is 16.5. The van der Waals surface area contributed by atoms with E-state index < -0.39 is 18.0 Å². The topological polar surface area (TPSA) is 105 Å². The highest BCUT2D eigenvalue weighted by Gasteiger charge is 2.33. The second-order valence-corrected chi connectivity index (χ2v) is 9.74. The first-order valence-electron chi connectivity index (χ1n) is 12.5. The number of benzene rings is 2. The molecule has 0 heterocycles. The van der Waals surface area contributed by atoms with Crippen LogP contribution in [0.2, 0.25) is 0 Å². The lowest BCUT2D eigenvalue weighted by Gasteiger charge is -2.18. The highest BCUT2D eigenvalue weighted by Crippen LogP contribution is 2.44. The van der Waals surface area contributed by atoms with E-state index in [-0.39, 0.29) is 24.3 Å². The molecule has 2 unspecified atom stereocenters. The van der Waals surface area contributed by atoms with Gasteiger partial charge in [0, 0.05) is 25.4 Å². The molecule has 0 aromatic heterocycles. The highest BCUT2D eigenvalue weighted by atomic mass is 16.5. The third-order valence-electron chi connectivity index (χ3n) is 7.15. The minimum atomic E-state index is -0.815. The van der Waals surface area contributed by atoms with Gasteiger partial charge in [-0.05, 0) is 59.8 Å². The molecule has 35 heavy (non-hydrogen) atoms. The summed E-state index contributed by atoms with van der Waals surface area (Å²) >= 11 is 0. The molecule has 0 aliphatic heterocycles. The largest absolute Gasteiger partial charge is 0.481 e. The molecule has 1 saturated carbocycles. The first-order valence-corrected chi connectivity index (χ1v) is 12.5. The molecule has 4 rings (SSSR count). The van der Waals surface area contributed by atoms with Crippen LogP contribution in [0.25, 0.3) is 11.1 Å². The van der Waals surface area contributed by atoms with Crippen molar-refractivity contribution in [2.45, 2.75) is 44.9 Å². The van der Waals surface area contributed by atoms with Crippen molar-refractivity contribution in [3.05, 3.63) is 59.7 Å². The van der Waals surface area contributed by atoms with Gasteiger partial charge in [0.25, 0.3) is 0 Å². The molecule has 3 N–H and O–H groups in total. The number of rotatable bonds is 12. The van der Waals surface area contributed by atoms with Crippen LogP contribution in [0.5, 0.6) is 0 Å². The summed E-state index contributed by atoms with van der Waals surface area (Å²) in [6.07, 6.45) is 3.19. The van der Waals surface area contributed by atoms with E-state index in [1.54, 1.807) is 6.92 Å². The van der Waals surface area contributed by atoms with Gasteiger partial charge in [0.1, 0.15) is 6.61 Å². The first kappa shape index (κ1) is 24.8. The Labute approximate surface area is 206 Å². The number of aliphatic carboxylic acids is 1. The van der Waals surface area contributed by atoms with Crippen LogP contribution < -0.4 is 10.6 Å². The fourth-order valence-corrected chi connectivity index (χ4v) is 4.91. The lowest BCUT2D eigenvalue weighted by Crippen LogP contribution is -2.35. The third-order valence-corrected chi connectivity index (χ3v) is 7.15. The lowest BCUT2D eigenvalue weighted by molar-refractivity contribution is -0.141. The maximum atomic E-state index is 12.5. The maximum absolute atomic E-state index is 12.5. The molecule has 0 radical (unpaired) electrons. The van der Waals surface area contributed by atoms with Gasteiger partial charge in [0.15, 0.2) is 0 Å². The predicted octanol–water partition coefficient (Wildman–Crippen LogP) is 4.56. The Morgan fingerprint density at radius 1 is 1.00 bits per heavy atom. The van der Waals surface area contributed by atoms with Gasteiger partial charge in [-0.2, -0.15) is 0 Å². The SMILES string of the molecule is CC(CCCNC(=O)CC(CNC(=O)OCC1c2ccccc2-c2ccccc21)C1CC1)C(=O)O. The van der Waals surface area contributed by atoms with E-state index in [9.17, 15) is 14.4 Å². The van der Waals surface area contributed by atoms with Crippen LogP contribution in [0, 0.1) is 17.8 Å². The minimum Gasteiger partial charge on any atom is -0.481 e. The van der Waals surface area contributed by atoms with Crippen molar-refractivity contribution in [3.63, 3.8) is 0 Å². The van der Waals surface area contributed by atoms with Crippen molar-refractivity contribution >= 4 is 18.0 Å². The van der Waals surface area contributed by atoms with E-state index in [1.165, 1.54) is 22.3 Å². The Balaban J connectivity index is 1.22. The van der Waals surface area contributed by atoms with Gasteiger partial charge in [-0.15, -0.1) is 0 Å². The molecule has 7 nitrogen and oxygen atoms in total. The predicted molar refractivity (Wildman–Crippen MR) is 133 cm³/mol. The van der Waals surface area contributed by atoms with Crippen LogP contribution in [-0.2, 0) is 14.3 Å². The molecule has 2 aliphatic carbocycles. The van der Waals surface area contributed by atoms with Crippen LogP contribution in [-0.4, -0.2) is 42.8 Å². The van der Waals surface area contributed by atoms with Crippen LogP contribution >= 0.6 is 0 Å². The number of carboxylic acid groups (broad SMARTS) is 1. The average molecular weight is 479 g/mol. The summed E-state index contributed by atoms with van der Waals surface area (Å²) in [6.45, 7) is 2.81. The van der Waals surface area contributed by atoms with Gasteiger partial charge >= 0.3 is 12.1 Å². The van der Waals surface area contributed by atoms with Crippen LogP contribution in [0.3, 0.4) is 0 Å². The number of carboxylic acids is 1. The summed E-state index contributed by atoms with van der Waals surface area (Å²) in [5.74, 6) is -0.742. The number of alkyl carbamates (subject to hydrolysis) is 1. The normalized spacial score (nSPS) is 16.0. The summed E-state index contributed by atoms with van der Waals surface area (Å²) < 4.78 is 5.62. The molecule has 0 bridgehead atoms. The molecule has 0 saturated heterocycles. The quantitative estimate of drug-likeness (QED) is 0.388. The van der Waals surface area contributed by atoms with E-state index >= 15 is 0 Å². The van der Waals surface area contributed by atoms with Crippen molar-refractivity contribution in [1.82, 2.24) is 10.6 Å². The highest BCUT2D eigenvalue weighted by molar-refractivity contribution is 5.79. The van der Waals surface area contributed by atoms with E-state index in [0.717, 1.165) is 12.8 Å². The molecular weight excluding hydrogens is 444 g/mol. The number of nitrogens with one attached hydrogen (secondary N) is 2. The molecule has 1 fully saturated rings. The molecule has 0 spiro atoms. The third kappa shape index (κ3) is 6.41. The molecule has 2 aliphatic rings. The van der Waals surface area contributed by atoms with E-state index in [4.69, 9.17) is 9.84 Å². The van der Waals surface area contributed by atoms with Gasteiger partial charge in [0.05, 0.1) is 5.92 Å². The Morgan fingerprint density at radius 2 is 1.63 bits per heavy atom. The Morgan fingerprint density at radius 3 is 2.23 bits per heavy atom. The Bertz CT molecular complexity index is 1020. The van der Waals surface area contributed by atoms with Crippen molar-refractivity contribution in [3.8, 4) is 11.1 Å². The minimum absolute atomic E-state index is 0.0157. The first-order chi connectivity index (χ1) is 16.9. The lowest BCUT2D eigenvalue weighted by atomic mass is 9.98. The summed E-state index contributed by atoms with van der Waals surface area (Å²) in [5.41, 5.74) is 4.72. The number of ether oxygens (including phenoxy) is 1. The molecule has 2 atom stereocenters. The standard InChI is InChI=1S/C28H34N2O5/c1-18(27(32)33)7-6-14-29-26(31)15-20(19-12-13-19)16-30-28(34)35-17-25-23-10-4-2-8-21(23)22-9-3-5-11-24(22)25/h2-5,8-11,18-20,25H,6-7,12-17H2,1H3,(H,29,31)(H,30,34)(H,32,33). The smallest absolute Gasteiger partial charge is 0.407 e. The van der Waals surface area contributed by atoms with Crippen molar-refractivity contribution in [2.75, 3.05) is 19.7 Å². The summed E-state index contributed by atoms with van der Waals surface area (Å²) in [4.78, 5) is 35.8. The van der Waals surface area contributed by atoms with E-state index in [1.807, 2.05) is 24.3 Å². The molecule has 2 aromatic carbocycles. The number of hydrogen-bond acceptors (Lipinski definition) is 4. The summed E-state index contributed by atoms with van der Waals surface area (Å²) in [5, 5.41) is 14.7. The van der Waals surface area contributed by atoms with Crippen LogP contribution in [0.4, 0.5) is 4.79 Å². The average Bonchev–Trinajstić information content (AvgIpc) is 3.65. The van der Waals surface area contributed by atoms with Crippen molar-refractivity contribution in [2.24, 2.45) is 17.8 Å². The van der Waals surface area contributed by atoms with E-state index in [0.29, 0.717) is 38.3 Å². The van der Waals surface area contributed by atoms with Gasteiger partial charge in [-0.1, -0.05) is 55.5 Å². The number of fused-ring (bicyclic) bond motifs is 3. The maximum Gasteiger partial charge on any atom is 0.407 e. The Hall–Kier alpha value is -3.35. The zero-order chi connectivity index (χ0) is 24.8. The second kappa shape index (κ2) is 11.4. The number of amides is 2. The van der Waals surface area contributed by atoms with Gasteiger partial charge in [0.2, 0.25) is 5.91 Å². The van der Waals surface area contributed by atoms with Crippen LogP contribution in [0.15, 0.2) is 48.5 Å². The molecule has 2 amide bonds. The van der Waals surface area contributed by atoms with Gasteiger partial charge in [-0.3, -0.25) is 9.59 Å². The summed E-state index contributed by atoms with van der Waals surface area (Å²) in [7, 11) is 0. The Kier molecular flexibility index (Phi) is 8.06. The van der Waals surface area contributed by atoms with Gasteiger partial charge < -0.3 is 20.5 Å². The fourth-order valence-electron chi connectivity index (χ4n) is 4.91. The van der Waals surface area contributed by atoms with Crippen molar-refractivity contribution in [1.29, 1.82) is 0 Å². The molecule has 2 aromatic rings. The molecule has 186 valence electrons. The zero-order valence-electron chi connectivity index (χ0n) is 20.2. The van der Waals surface area contributed by atoms with Gasteiger partial charge in [-0.25, -0.2) is 4.79 Å². The molecular formula is C28H34N2O5.